The van der Waals surface area contributed by atoms with E-state index >= 15 is 0 Å². The van der Waals surface area contributed by atoms with E-state index in [-0.39, 0.29) is 10.8 Å². The minimum absolute atomic E-state index is 0.0254. The number of allylic oxidation sites excluding steroid dienone is 18. The summed E-state index contributed by atoms with van der Waals surface area (Å²) in [6.07, 6.45) is 42.3. The van der Waals surface area contributed by atoms with Gasteiger partial charge in [0.15, 0.2) is 0 Å². The molecule has 0 bridgehead atoms. The zero-order valence-corrected chi connectivity index (χ0v) is 57.8. The number of terminal acetylenes is 1. The summed E-state index contributed by atoms with van der Waals surface area (Å²) in [6.45, 7) is 31.8. The highest BCUT2D eigenvalue weighted by Crippen LogP contribution is 2.62. The van der Waals surface area contributed by atoms with Crippen LogP contribution in [0.5, 0.6) is 0 Å². The Hall–Kier alpha value is -9.48. The highest BCUT2D eigenvalue weighted by molar-refractivity contribution is 5.98. The largest absolute Gasteiger partial charge is 0.345 e. The van der Waals surface area contributed by atoms with Crippen molar-refractivity contribution in [1.29, 1.82) is 0 Å². The van der Waals surface area contributed by atoms with Gasteiger partial charge in [0.1, 0.15) is 0 Å². The Morgan fingerprint density at radius 3 is 1.98 bits per heavy atom. The summed E-state index contributed by atoms with van der Waals surface area (Å²) in [5.74, 6) is 0. The van der Waals surface area contributed by atoms with E-state index < -0.39 is 5.41 Å². The van der Waals surface area contributed by atoms with Gasteiger partial charge in [0.05, 0.1) is 5.41 Å². The summed E-state index contributed by atoms with van der Waals surface area (Å²) in [4.78, 5) is 2.67. The second-order valence-corrected chi connectivity index (χ2v) is 25.7. The van der Waals surface area contributed by atoms with E-state index in [1.807, 2.05) is 39.8 Å². The van der Waals surface area contributed by atoms with E-state index in [0.29, 0.717) is 0 Å². The van der Waals surface area contributed by atoms with Gasteiger partial charge in [-0.2, -0.15) is 0 Å². The van der Waals surface area contributed by atoms with Crippen LogP contribution in [-0.4, -0.2) is 11.4 Å². The third kappa shape index (κ3) is 12.1. The highest BCUT2D eigenvalue weighted by Gasteiger charge is 2.51. The molecule has 8 aromatic carbocycles. The van der Waals surface area contributed by atoms with Gasteiger partial charge in [-0.25, -0.2) is 0 Å². The van der Waals surface area contributed by atoms with Crippen molar-refractivity contribution in [1.82, 2.24) is 4.90 Å². The molecule has 1 heteroatoms. The van der Waals surface area contributed by atoms with Crippen molar-refractivity contribution in [3.05, 3.63) is 356 Å². The van der Waals surface area contributed by atoms with Gasteiger partial charge in [-0.1, -0.05) is 302 Å². The summed E-state index contributed by atoms with van der Waals surface area (Å²) >= 11 is 0. The average molecular weight is 1230 g/mol. The quantitative estimate of drug-likeness (QED) is 0.0499. The molecule has 474 valence electrons. The maximum Gasteiger partial charge on any atom is 0.0716 e. The molecule has 1 spiro atoms. The van der Waals surface area contributed by atoms with Gasteiger partial charge in [-0.05, 0) is 214 Å². The predicted molar refractivity (Wildman–Crippen MR) is 410 cm³/mol. The number of fused-ring (bicyclic) bond motifs is 11. The van der Waals surface area contributed by atoms with Crippen LogP contribution in [0, 0.1) is 12.8 Å². The lowest BCUT2D eigenvalue weighted by molar-refractivity contribution is 0.362. The fourth-order valence-electron chi connectivity index (χ4n) is 16.3. The fourth-order valence-corrected chi connectivity index (χ4v) is 16.3. The Bertz CT molecular complexity index is 4410. The van der Waals surface area contributed by atoms with Gasteiger partial charge in [0.2, 0.25) is 0 Å². The lowest BCUT2D eigenvalue weighted by Crippen LogP contribution is -2.34. The molecule has 0 aliphatic heterocycles. The smallest absolute Gasteiger partial charge is 0.0716 e. The molecule has 8 aromatic rings. The molecule has 0 radical (unpaired) electrons. The number of nitrogens with zero attached hydrogens (tertiary/aromatic N) is 1. The Morgan fingerprint density at radius 2 is 1.30 bits per heavy atom. The Labute approximate surface area is 565 Å². The molecule has 3 unspecified atom stereocenters. The first-order valence-corrected chi connectivity index (χ1v) is 34.6. The lowest BCUT2D eigenvalue weighted by atomic mass is 9.60. The second-order valence-electron chi connectivity index (χ2n) is 25.7. The Kier molecular flexibility index (Phi) is 21.6. The summed E-state index contributed by atoms with van der Waals surface area (Å²) in [7, 11) is 0. The van der Waals surface area contributed by atoms with E-state index in [0.717, 1.165) is 57.1 Å². The van der Waals surface area contributed by atoms with Gasteiger partial charge in [0, 0.05) is 23.4 Å². The predicted octanol–water partition coefficient (Wildman–Crippen LogP) is 24.8. The molecule has 0 saturated heterocycles. The van der Waals surface area contributed by atoms with E-state index in [1.54, 1.807) is 11.1 Å². The molecule has 94 heavy (non-hydrogen) atoms. The van der Waals surface area contributed by atoms with Crippen molar-refractivity contribution in [3.63, 3.8) is 0 Å². The Morgan fingerprint density at radius 1 is 0.617 bits per heavy atom. The minimum atomic E-state index is -0.546. The standard InChI is InChI=1S/C85H81N.C4H8.C2H6.C2H2/c1-9-27-63-55-64-56-66(45-46-70(64)68(63)13-5)83(8)52-49-67(50-53-83)86(57-75-72-35-22-24-38-78(72)84(51-11-3,77(75)28-10-2)65-32-18-15-19-33-65)59(7)41-43-61(12-4)71-37-26-40-81-82(71)73-36-23-25-39-79(73)85(81)76(47-42-60-29-16-14-17-30-60)58(6)54-74-69-34-21-20-31-62(69)44-48-80(74)85;1-3-4-2;2*1-2/h10-12,14-26,28-49,56H,3-4,9,13,27,50-55,57H2,1-2,5-8H3;3-4H,1-2H3;1-2H3;1-2H/b28-10-,47-42-,59-41+,61-43+;4-3-;;. The van der Waals surface area contributed by atoms with Crippen molar-refractivity contribution in [3.8, 4) is 24.0 Å². The fraction of sp³-hybridized carbons (Fsp3) is 0.247. The maximum absolute atomic E-state index is 4.62. The molecule has 0 amide bonds. The minimum Gasteiger partial charge on any atom is -0.345 e. The number of benzene rings is 8. The van der Waals surface area contributed by atoms with Gasteiger partial charge in [-0.3, -0.25) is 0 Å². The number of hydrogen-bond donors (Lipinski definition) is 0. The van der Waals surface area contributed by atoms with E-state index in [2.05, 4.69) is 309 Å². The summed E-state index contributed by atoms with van der Waals surface area (Å²) < 4.78 is 0. The van der Waals surface area contributed by atoms with Gasteiger partial charge in [0.25, 0.3) is 0 Å². The molecule has 13 rings (SSSR count). The van der Waals surface area contributed by atoms with Crippen LogP contribution >= 0.6 is 0 Å². The topological polar surface area (TPSA) is 3.24 Å². The third-order valence-electron chi connectivity index (χ3n) is 20.6. The first-order valence-electron chi connectivity index (χ1n) is 34.6. The molecular weight excluding hydrogens is 1130 g/mol. The summed E-state index contributed by atoms with van der Waals surface area (Å²) in [5.41, 5.74) is 30.3. The van der Waals surface area contributed by atoms with Crippen LogP contribution < -0.4 is 0 Å². The normalized spacial score (nSPS) is 19.4. The van der Waals surface area contributed by atoms with Crippen LogP contribution in [0.1, 0.15) is 181 Å². The molecule has 1 nitrogen and oxygen atoms in total. The molecular formula is C93H97N. The van der Waals surface area contributed by atoms with Crippen LogP contribution in [0.4, 0.5) is 0 Å². The first kappa shape index (κ1) is 67.4. The molecule has 5 aliphatic carbocycles. The van der Waals surface area contributed by atoms with Gasteiger partial charge >= 0.3 is 0 Å². The average Bonchev–Trinajstić information content (AvgIpc) is 1.48. The number of hydrogen-bond acceptors (Lipinski definition) is 1. The van der Waals surface area contributed by atoms with Crippen molar-refractivity contribution in [2.75, 3.05) is 6.54 Å². The van der Waals surface area contributed by atoms with Crippen molar-refractivity contribution in [2.45, 2.75) is 143 Å². The molecule has 0 saturated carbocycles. The molecule has 5 aliphatic rings. The van der Waals surface area contributed by atoms with E-state index in [1.165, 1.54) is 135 Å². The maximum atomic E-state index is 4.62. The summed E-state index contributed by atoms with van der Waals surface area (Å²) in [6, 6.07) is 68.7. The van der Waals surface area contributed by atoms with E-state index in [4.69, 9.17) is 0 Å². The third-order valence-corrected chi connectivity index (χ3v) is 20.6. The zero-order chi connectivity index (χ0) is 66.6. The van der Waals surface area contributed by atoms with Crippen molar-refractivity contribution >= 4 is 33.6 Å². The molecule has 0 fully saturated rings. The van der Waals surface area contributed by atoms with Crippen LogP contribution in [0.3, 0.4) is 0 Å². The molecule has 0 N–H and O–H groups in total. The Balaban J connectivity index is 0.00000115. The monoisotopic (exact) mass is 1230 g/mol. The van der Waals surface area contributed by atoms with Crippen LogP contribution in [0.25, 0.3) is 44.7 Å². The molecule has 0 aromatic heterocycles. The number of rotatable bonds is 17. The van der Waals surface area contributed by atoms with Crippen LogP contribution in [0.15, 0.2) is 290 Å². The highest BCUT2D eigenvalue weighted by atomic mass is 15.1. The second kappa shape index (κ2) is 30.1. The SMILES string of the molecule is C#C.C/C=C\C.C=CCC1(c2ccccc2)C(/C=C\C)=C(CN(C2=CCC(C)(c3ccc4c(c3)CC(CCC)=C4CC)CC2)/C(C)=C/C=C(\C=C)c2cccc3c2-c2ccccc2C32C(/C=C\c3ccccc3)=C(C)Cc3c2ccc2ccccc32)c2ccccc21.CC. The van der Waals surface area contributed by atoms with Crippen LogP contribution in [0.2, 0.25) is 0 Å². The van der Waals surface area contributed by atoms with Gasteiger partial charge in [-0.15, -0.1) is 19.4 Å². The first-order chi connectivity index (χ1) is 46.0. The van der Waals surface area contributed by atoms with Gasteiger partial charge < -0.3 is 4.90 Å². The van der Waals surface area contributed by atoms with Crippen molar-refractivity contribution in [2.24, 2.45) is 0 Å². The van der Waals surface area contributed by atoms with E-state index in [9.17, 15) is 0 Å². The lowest BCUT2D eigenvalue weighted by Gasteiger charge is -2.41. The zero-order valence-electron chi connectivity index (χ0n) is 57.8. The summed E-state index contributed by atoms with van der Waals surface area (Å²) in [5, 5.41) is 2.62. The van der Waals surface area contributed by atoms with Crippen LogP contribution in [-0.2, 0) is 29.1 Å². The van der Waals surface area contributed by atoms with Crippen molar-refractivity contribution < 1.29 is 0 Å². The molecule has 0 heterocycles. The molecule has 3 atom stereocenters.